The van der Waals surface area contributed by atoms with Gasteiger partial charge in [0.05, 0.1) is 11.0 Å². The molecule has 0 unspecified atom stereocenters. The SMILES string of the molecule is c1ccc(N(c2ccccc2)c2ccc3c(c2)c2cnccc2n3-c2ccc3c(c2)oc2ncccc23)cc1. The van der Waals surface area contributed by atoms with Crippen molar-refractivity contribution in [3.63, 3.8) is 0 Å². The van der Waals surface area contributed by atoms with Gasteiger partial charge in [0.15, 0.2) is 0 Å². The Morgan fingerprint density at radius 2 is 1.33 bits per heavy atom. The second-order valence-corrected chi connectivity index (χ2v) is 9.57. The number of para-hydroxylation sites is 2. The van der Waals surface area contributed by atoms with Gasteiger partial charge in [-0.2, -0.15) is 0 Å². The van der Waals surface area contributed by atoms with E-state index in [-0.39, 0.29) is 0 Å². The Labute approximate surface area is 224 Å². The molecule has 4 heterocycles. The lowest BCUT2D eigenvalue weighted by Gasteiger charge is -2.25. The molecule has 4 aromatic heterocycles. The monoisotopic (exact) mass is 502 g/mol. The molecule has 0 atom stereocenters. The Balaban J connectivity index is 1.36. The molecular weight excluding hydrogens is 480 g/mol. The third kappa shape index (κ3) is 3.41. The van der Waals surface area contributed by atoms with Gasteiger partial charge in [-0.15, -0.1) is 0 Å². The van der Waals surface area contributed by atoms with E-state index in [2.05, 4.69) is 110 Å². The number of benzene rings is 4. The van der Waals surface area contributed by atoms with Crippen LogP contribution >= 0.6 is 0 Å². The standard InChI is InChI=1S/C34H22N4O/c1-3-8-23(9-4-1)37(24-10-5-2-6-11-24)25-14-16-31-29(20-25)30-22-35-19-17-32(30)38(31)26-13-15-27-28-12-7-18-36-34(28)39-33(27)21-26/h1-22H. The molecule has 184 valence electrons. The van der Waals surface area contributed by atoms with Crippen LogP contribution in [0, 0.1) is 0 Å². The number of anilines is 3. The fourth-order valence-corrected chi connectivity index (χ4v) is 5.61. The molecule has 8 rings (SSSR count). The van der Waals surface area contributed by atoms with Crippen molar-refractivity contribution in [2.24, 2.45) is 0 Å². The van der Waals surface area contributed by atoms with Gasteiger partial charge in [-0.1, -0.05) is 36.4 Å². The van der Waals surface area contributed by atoms with Gasteiger partial charge in [0.1, 0.15) is 5.58 Å². The fourth-order valence-electron chi connectivity index (χ4n) is 5.61. The first-order valence-corrected chi connectivity index (χ1v) is 12.9. The van der Waals surface area contributed by atoms with Crippen LogP contribution < -0.4 is 4.90 Å². The lowest BCUT2D eigenvalue weighted by Crippen LogP contribution is -2.09. The number of hydrogen-bond donors (Lipinski definition) is 0. The van der Waals surface area contributed by atoms with Crippen molar-refractivity contribution < 1.29 is 4.42 Å². The number of pyridine rings is 2. The predicted molar refractivity (Wildman–Crippen MR) is 158 cm³/mol. The molecule has 8 aromatic rings. The van der Waals surface area contributed by atoms with Gasteiger partial charge in [-0.05, 0) is 72.8 Å². The van der Waals surface area contributed by atoms with Gasteiger partial charge in [0.2, 0.25) is 5.71 Å². The Morgan fingerprint density at radius 1 is 0.564 bits per heavy atom. The summed E-state index contributed by atoms with van der Waals surface area (Å²) in [6.45, 7) is 0. The second kappa shape index (κ2) is 8.57. The quantitative estimate of drug-likeness (QED) is 0.241. The van der Waals surface area contributed by atoms with Crippen LogP contribution in [0.5, 0.6) is 0 Å². The molecule has 0 aliphatic heterocycles. The van der Waals surface area contributed by atoms with Gasteiger partial charge in [0, 0.05) is 69.0 Å². The first kappa shape index (κ1) is 21.6. The van der Waals surface area contributed by atoms with Gasteiger partial charge in [-0.3, -0.25) is 4.98 Å². The van der Waals surface area contributed by atoms with E-state index in [1.54, 1.807) is 6.20 Å². The average Bonchev–Trinajstić information content (AvgIpc) is 3.53. The largest absolute Gasteiger partial charge is 0.438 e. The first-order chi connectivity index (χ1) is 19.3. The molecule has 0 aliphatic rings. The number of rotatable bonds is 4. The zero-order chi connectivity index (χ0) is 25.8. The molecular formula is C34H22N4O. The second-order valence-electron chi connectivity index (χ2n) is 9.57. The van der Waals surface area contributed by atoms with Crippen molar-refractivity contribution >= 4 is 60.9 Å². The van der Waals surface area contributed by atoms with E-state index in [0.29, 0.717) is 5.71 Å². The topological polar surface area (TPSA) is 47.1 Å². The van der Waals surface area contributed by atoms with E-state index in [0.717, 1.165) is 60.9 Å². The van der Waals surface area contributed by atoms with E-state index in [1.165, 1.54) is 0 Å². The molecule has 0 aliphatic carbocycles. The van der Waals surface area contributed by atoms with Gasteiger partial charge < -0.3 is 13.9 Å². The zero-order valence-corrected chi connectivity index (χ0v) is 20.9. The highest BCUT2D eigenvalue weighted by atomic mass is 16.3. The lowest BCUT2D eigenvalue weighted by molar-refractivity contribution is 0.654. The molecule has 5 nitrogen and oxygen atoms in total. The normalized spacial score (nSPS) is 11.6. The Morgan fingerprint density at radius 3 is 2.13 bits per heavy atom. The van der Waals surface area contributed by atoms with Crippen LogP contribution in [-0.4, -0.2) is 14.5 Å². The Kier molecular flexibility index (Phi) is 4.76. The van der Waals surface area contributed by atoms with Crippen molar-refractivity contribution in [3.05, 3.63) is 134 Å². The molecule has 0 fully saturated rings. The highest BCUT2D eigenvalue weighted by Gasteiger charge is 2.18. The Bertz CT molecular complexity index is 2090. The van der Waals surface area contributed by atoms with Crippen LogP contribution in [-0.2, 0) is 0 Å². The van der Waals surface area contributed by atoms with E-state index < -0.39 is 0 Å². The van der Waals surface area contributed by atoms with Crippen LogP contribution in [0.4, 0.5) is 17.1 Å². The number of nitrogens with zero attached hydrogens (tertiary/aromatic N) is 4. The maximum Gasteiger partial charge on any atom is 0.227 e. The third-order valence-corrected chi connectivity index (χ3v) is 7.33. The molecule has 0 N–H and O–H groups in total. The van der Waals surface area contributed by atoms with Gasteiger partial charge in [-0.25, -0.2) is 4.98 Å². The van der Waals surface area contributed by atoms with E-state index in [9.17, 15) is 0 Å². The molecule has 0 saturated carbocycles. The Hall–Kier alpha value is -5.42. The first-order valence-electron chi connectivity index (χ1n) is 12.9. The molecule has 39 heavy (non-hydrogen) atoms. The molecule has 0 radical (unpaired) electrons. The summed E-state index contributed by atoms with van der Waals surface area (Å²) < 4.78 is 8.40. The molecule has 0 amide bonds. The summed E-state index contributed by atoms with van der Waals surface area (Å²) in [4.78, 5) is 11.2. The molecule has 0 spiro atoms. The van der Waals surface area contributed by atoms with Crippen LogP contribution in [0.1, 0.15) is 0 Å². The molecule has 5 heteroatoms. The zero-order valence-electron chi connectivity index (χ0n) is 20.9. The van der Waals surface area contributed by atoms with Crippen LogP contribution in [0.25, 0.3) is 49.6 Å². The summed E-state index contributed by atoms with van der Waals surface area (Å²) in [5.74, 6) is 0. The van der Waals surface area contributed by atoms with Crippen molar-refractivity contribution in [2.75, 3.05) is 4.90 Å². The van der Waals surface area contributed by atoms with Crippen molar-refractivity contribution in [2.45, 2.75) is 0 Å². The van der Waals surface area contributed by atoms with Gasteiger partial charge in [0.25, 0.3) is 0 Å². The smallest absolute Gasteiger partial charge is 0.227 e. The van der Waals surface area contributed by atoms with Crippen LogP contribution in [0.2, 0.25) is 0 Å². The van der Waals surface area contributed by atoms with Crippen molar-refractivity contribution in [1.82, 2.24) is 14.5 Å². The summed E-state index contributed by atoms with van der Waals surface area (Å²) in [6, 6.07) is 40.0. The summed E-state index contributed by atoms with van der Waals surface area (Å²) >= 11 is 0. The van der Waals surface area contributed by atoms with Crippen molar-refractivity contribution in [3.8, 4) is 5.69 Å². The molecule has 4 aromatic carbocycles. The third-order valence-electron chi connectivity index (χ3n) is 7.33. The summed E-state index contributed by atoms with van der Waals surface area (Å²) in [6.07, 6.45) is 5.57. The lowest BCUT2D eigenvalue weighted by atomic mass is 10.1. The summed E-state index contributed by atoms with van der Waals surface area (Å²) in [5, 5.41) is 4.32. The van der Waals surface area contributed by atoms with E-state index in [1.807, 2.05) is 36.7 Å². The number of fused-ring (bicyclic) bond motifs is 6. The summed E-state index contributed by atoms with van der Waals surface area (Å²) in [5.41, 5.74) is 8.00. The number of furan rings is 1. The van der Waals surface area contributed by atoms with E-state index >= 15 is 0 Å². The number of aromatic nitrogens is 3. The highest BCUT2D eigenvalue weighted by molar-refractivity contribution is 6.11. The maximum atomic E-state index is 6.12. The van der Waals surface area contributed by atoms with Crippen LogP contribution in [0.15, 0.2) is 138 Å². The average molecular weight is 503 g/mol. The predicted octanol–water partition coefficient (Wildman–Crippen LogP) is 8.94. The van der Waals surface area contributed by atoms with Crippen LogP contribution in [0.3, 0.4) is 0 Å². The maximum absolute atomic E-state index is 6.12. The minimum Gasteiger partial charge on any atom is -0.438 e. The highest BCUT2D eigenvalue weighted by Crippen LogP contribution is 2.40. The minimum atomic E-state index is 0.655. The van der Waals surface area contributed by atoms with Crippen molar-refractivity contribution in [1.29, 1.82) is 0 Å². The molecule has 0 saturated heterocycles. The summed E-state index contributed by atoms with van der Waals surface area (Å²) in [7, 11) is 0. The van der Waals surface area contributed by atoms with E-state index in [4.69, 9.17) is 4.42 Å². The van der Waals surface area contributed by atoms with Gasteiger partial charge >= 0.3 is 0 Å². The molecule has 0 bridgehead atoms. The minimum absolute atomic E-state index is 0.655. The fraction of sp³-hybridized carbons (Fsp3) is 0. The number of hydrogen-bond acceptors (Lipinski definition) is 4.